The molecule has 0 unspecified atom stereocenters. The van der Waals surface area contributed by atoms with Gasteiger partial charge in [0.05, 0.1) is 5.70 Å². The Hall–Kier alpha value is -2.95. The third kappa shape index (κ3) is 5.87. The monoisotopic (exact) mass is 527 g/mol. The Morgan fingerprint density at radius 2 is 1.58 bits per heavy atom. The van der Waals surface area contributed by atoms with Crippen LogP contribution in [0.4, 0.5) is 4.39 Å². The molecule has 0 aliphatic carbocycles. The first-order valence-electron chi connectivity index (χ1n) is 13.4. The molecular weight excluding hydrogens is 489 g/mol. The number of aryl methyl sites for hydroxylation is 2. The minimum atomic E-state index is -1.27. The van der Waals surface area contributed by atoms with Crippen molar-refractivity contribution in [2.24, 2.45) is 4.99 Å². The molecule has 1 fully saturated rings. The predicted molar refractivity (Wildman–Crippen MR) is 165 cm³/mol. The quantitative estimate of drug-likeness (QED) is 0.284. The highest BCUT2D eigenvalue weighted by Gasteiger charge is 2.30. The lowest BCUT2D eigenvalue weighted by atomic mass is 9.75. The van der Waals surface area contributed by atoms with Gasteiger partial charge in [-0.15, -0.1) is 0 Å². The van der Waals surface area contributed by atoms with Crippen LogP contribution in [0, 0.1) is 12.7 Å². The third-order valence-corrected chi connectivity index (χ3v) is 9.40. The number of benzene rings is 3. The molecule has 0 N–H and O–H groups in total. The molecule has 2 aliphatic rings. The van der Waals surface area contributed by atoms with E-state index < -0.39 is 9.21 Å². The number of hydrogen-bond donors (Lipinski definition) is 0. The van der Waals surface area contributed by atoms with Gasteiger partial charge in [-0.25, -0.2) is 4.39 Å². The summed E-state index contributed by atoms with van der Waals surface area (Å²) in [6.45, 7) is 5.81. The van der Waals surface area contributed by atoms with E-state index in [1.807, 2.05) is 0 Å². The Morgan fingerprint density at radius 1 is 0.921 bits per heavy atom. The Kier molecular flexibility index (Phi) is 7.48. The number of aliphatic imine (C=N–C) groups is 1. The fourth-order valence-electron chi connectivity index (χ4n) is 5.41. The van der Waals surface area contributed by atoms with Crippen molar-refractivity contribution in [2.45, 2.75) is 56.3 Å². The Morgan fingerprint density at radius 3 is 2.24 bits per heavy atom. The molecule has 2 nitrogen and oxygen atoms in total. The SMILES string of the molecule is C=S(=C)(C)c1ccc(C2=C(c3ccc(C)cc3)N=C(CCc3cc(F)cc(C4(C)CCOCC4)c3)C2)cc1. The van der Waals surface area contributed by atoms with Gasteiger partial charge < -0.3 is 4.74 Å². The number of rotatable bonds is 7. The van der Waals surface area contributed by atoms with Gasteiger partial charge in [0.1, 0.15) is 5.82 Å². The molecule has 0 bridgehead atoms. The maximum atomic E-state index is 14.7. The van der Waals surface area contributed by atoms with Crippen LogP contribution < -0.4 is 0 Å². The Labute approximate surface area is 227 Å². The fraction of sp³-hybridized carbons (Fsp3) is 0.324. The molecule has 0 atom stereocenters. The lowest BCUT2D eigenvalue weighted by Crippen LogP contribution is -2.30. The number of halogens is 1. The van der Waals surface area contributed by atoms with E-state index in [1.165, 1.54) is 21.6 Å². The van der Waals surface area contributed by atoms with Crippen molar-refractivity contribution >= 4 is 37.9 Å². The van der Waals surface area contributed by atoms with Crippen molar-refractivity contribution in [1.29, 1.82) is 0 Å². The first-order valence-corrected chi connectivity index (χ1v) is 15.8. The van der Waals surface area contributed by atoms with Crippen molar-refractivity contribution in [1.82, 2.24) is 0 Å². The zero-order valence-corrected chi connectivity index (χ0v) is 23.7. The van der Waals surface area contributed by atoms with Crippen LogP contribution in [0.25, 0.3) is 11.3 Å². The molecule has 5 rings (SSSR count). The standard InChI is InChI=1S/C34H38FNOS/c1-24-6-9-27(10-7-24)33-32(26-11-14-31(15-12-26)38(3,4)5)23-30(36-33)13-8-25-20-28(22-29(35)21-25)34(2)16-18-37-19-17-34/h6-7,9-12,14-15,20-22H,3-4,8,13,16-19,23H2,1-2,5H3. The second kappa shape index (κ2) is 10.7. The normalized spacial score (nSPS) is 17.5. The summed E-state index contributed by atoms with van der Waals surface area (Å²) in [5.74, 6) is 8.36. The maximum Gasteiger partial charge on any atom is 0.123 e. The third-order valence-electron chi connectivity index (χ3n) is 7.99. The van der Waals surface area contributed by atoms with E-state index in [9.17, 15) is 4.39 Å². The molecule has 2 aliphatic heterocycles. The van der Waals surface area contributed by atoms with Crippen LogP contribution in [0.3, 0.4) is 0 Å². The molecule has 0 saturated carbocycles. The van der Waals surface area contributed by atoms with Gasteiger partial charge in [-0.05, 0) is 95.7 Å². The van der Waals surface area contributed by atoms with Crippen molar-refractivity contribution in [2.75, 3.05) is 19.5 Å². The molecule has 0 radical (unpaired) electrons. The number of allylic oxidation sites excluding steroid dienone is 1. The van der Waals surface area contributed by atoms with E-state index in [2.05, 4.69) is 86.4 Å². The summed E-state index contributed by atoms with van der Waals surface area (Å²) in [6, 6.07) is 22.9. The van der Waals surface area contributed by atoms with Crippen LogP contribution in [-0.4, -0.2) is 36.9 Å². The van der Waals surface area contributed by atoms with Gasteiger partial charge in [0.2, 0.25) is 0 Å². The molecule has 198 valence electrons. The second-order valence-corrected chi connectivity index (χ2v) is 14.4. The highest BCUT2D eigenvalue weighted by atomic mass is 32.2. The average Bonchev–Trinajstić information content (AvgIpc) is 3.32. The van der Waals surface area contributed by atoms with Crippen LogP contribution in [0.1, 0.15) is 60.4 Å². The topological polar surface area (TPSA) is 21.6 Å². The Balaban J connectivity index is 1.40. The first-order chi connectivity index (χ1) is 18.1. The lowest BCUT2D eigenvalue weighted by Gasteiger charge is -2.34. The summed E-state index contributed by atoms with van der Waals surface area (Å²) in [6.07, 6.45) is 6.34. The minimum absolute atomic E-state index is 0.0285. The van der Waals surface area contributed by atoms with E-state index in [4.69, 9.17) is 9.73 Å². The number of nitrogens with zero attached hydrogens (tertiary/aromatic N) is 1. The second-order valence-electron chi connectivity index (χ2n) is 11.4. The summed E-state index contributed by atoms with van der Waals surface area (Å²) in [4.78, 5) is 6.34. The van der Waals surface area contributed by atoms with Gasteiger partial charge >= 0.3 is 0 Å². The van der Waals surface area contributed by atoms with Crippen molar-refractivity contribution in [3.63, 3.8) is 0 Å². The molecule has 1 saturated heterocycles. The van der Waals surface area contributed by atoms with Gasteiger partial charge in [-0.1, -0.05) is 66.7 Å². The molecule has 0 spiro atoms. The molecular formula is C34H38FNOS. The predicted octanol–water partition coefficient (Wildman–Crippen LogP) is 8.21. The highest BCUT2D eigenvalue weighted by molar-refractivity contribution is 8.27. The van der Waals surface area contributed by atoms with E-state index in [1.54, 1.807) is 12.1 Å². The minimum Gasteiger partial charge on any atom is -0.381 e. The zero-order chi connectivity index (χ0) is 26.9. The number of hydrogen-bond acceptors (Lipinski definition) is 2. The van der Waals surface area contributed by atoms with Gasteiger partial charge in [0.15, 0.2) is 0 Å². The van der Waals surface area contributed by atoms with Gasteiger partial charge in [0.25, 0.3) is 0 Å². The summed E-state index contributed by atoms with van der Waals surface area (Å²) in [7, 11) is -1.27. The molecule has 4 heteroatoms. The first kappa shape index (κ1) is 26.6. The average molecular weight is 528 g/mol. The summed E-state index contributed by atoms with van der Waals surface area (Å²) >= 11 is 0. The smallest absolute Gasteiger partial charge is 0.123 e. The largest absolute Gasteiger partial charge is 0.381 e. The number of ether oxygens (including phenoxy) is 1. The van der Waals surface area contributed by atoms with E-state index in [0.29, 0.717) is 0 Å². The summed E-state index contributed by atoms with van der Waals surface area (Å²) in [5, 5.41) is 0. The van der Waals surface area contributed by atoms with Crippen molar-refractivity contribution in [3.05, 3.63) is 100 Å². The Bertz CT molecular complexity index is 1490. The summed E-state index contributed by atoms with van der Waals surface area (Å²) in [5.41, 5.74) is 9.09. The maximum absolute atomic E-state index is 14.7. The summed E-state index contributed by atoms with van der Waals surface area (Å²) < 4.78 is 20.3. The van der Waals surface area contributed by atoms with Crippen molar-refractivity contribution in [3.8, 4) is 0 Å². The van der Waals surface area contributed by atoms with Gasteiger partial charge in [-0.2, -0.15) is 9.21 Å². The van der Waals surface area contributed by atoms with Crippen LogP contribution in [0.2, 0.25) is 0 Å². The van der Waals surface area contributed by atoms with E-state index >= 15 is 0 Å². The molecule has 2 heterocycles. The van der Waals surface area contributed by atoms with E-state index in [-0.39, 0.29) is 11.2 Å². The van der Waals surface area contributed by atoms with Gasteiger partial charge in [0, 0.05) is 30.9 Å². The molecule has 0 aromatic heterocycles. The van der Waals surface area contributed by atoms with Crippen LogP contribution in [0.15, 0.2) is 76.6 Å². The van der Waals surface area contributed by atoms with Crippen LogP contribution >= 0.6 is 9.21 Å². The lowest BCUT2D eigenvalue weighted by molar-refractivity contribution is 0.0563. The highest BCUT2D eigenvalue weighted by Crippen LogP contribution is 2.39. The zero-order valence-electron chi connectivity index (χ0n) is 22.9. The molecule has 3 aromatic carbocycles. The molecule has 38 heavy (non-hydrogen) atoms. The van der Waals surface area contributed by atoms with Crippen molar-refractivity contribution < 1.29 is 9.13 Å². The van der Waals surface area contributed by atoms with Crippen LogP contribution in [0.5, 0.6) is 0 Å². The fourth-order valence-corrected chi connectivity index (χ4v) is 6.21. The van der Waals surface area contributed by atoms with Gasteiger partial charge in [-0.3, -0.25) is 4.99 Å². The van der Waals surface area contributed by atoms with E-state index in [0.717, 1.165) is 73.4 Å². The van der Waals surface area contributed by atoms with Crippen LogP contribution in [-0.2, 0) is 16.6 Å². The molecule has 3 aromatic rings. The molecule has 0 amide bonds.